The van der Waals surface area contributed by atoms with Gasteiger partial charge >= 0.3 is 35.8 Å². The molecular formula is C42H16I20O12. The van der Waals surface area contributed by atoms with Crippen LogP contribution in [0.3, 0.4) is 0 Å². The van der Waals surface area contributed by atoms with Crippen LogP contribution < -0.4 is 0 Å². The topological polar surface area (TPSA) is 224 Å². The van der Waals surface area contributed by atoms with Crippen molar-refractivity contribution in [2.24, 2.45) is 0 Å². The maximum Gasteiger partial charge on any atom is 0.337 e. The number of hydrogen-bond donors (Lipinski definition) is 6. The summed E-state index contributed by atoms with van der Waals surface area (Å²) in [5, 5.41) is 53.0. The van der Waals surface area contributed by atoms with Crippen LogP contribution in [0.1, 0.15) is 62.1 Å². The maximum absolute atomic E-state index is 11.0. The number of aromatic carboxylic acids is 6. The molecule has 0 aliphatic rings. The lowest BCUT2D eigenvalue weighted by molar-refractivity contribution is 0.0683. The van der Waals surface area contributed by atoms with E-state index >= 15 is 0 Å². The van der Waals surface area contributed by atoms with Crippen molar-refractivity contribution in [1.29, 1.82) is 0 Å². The molecule has 74 heavy (non-hydrogen) atoms. The molecule has 6 rings (SSSR count). The van der Waals surface area contributed by atoms with Crippen LogP contribution in [0.25, 0.3) is 0 Å². The smallest absolute Gasteiger partial charge is 0.337 e. The number of carboxylic acids is 6. The lowest BCUT2D eigenvalue weighted by Gasteiger charge is -2.10. The van der Waals surface area contributed by atoms with E-state index in [9.17, 15) is 28.8 Å². The Hall–Kier alpha value is 6.74. The van der Waals surface area contributed by atoms with Gasteiger partial charge in [-0.15, -0.1) is 0 Å². The normalized spacial score (nSPS) is 10.0. The summed E-state index contributed by atoms with van der Waals surface area (Å²) in [5.41, 5.74) is 2.34. The molecule has 0 radical (unpaired) electrons. The van der Waals surface area contributed by atoms with Crippen LogP contribution in [0, 0.1) is 71.4 Å². The van der Waals surface area contributed by atoms with E-state index in [0.29, 0.717) is 33.4 Å². The number of rotatable bonds is 6. The minimum Gasteiger partial charge on any atom is -0.478 e. The molecule has 0 unspecified atom stereocenters. The number of hydrogen-bond acceptors (Lipinski definition) is 6. The van der Waals surface area contributed by atoms with Gasteiger partial charge in [0, 0.05) is 71.4 Å². The molecule has 12 nitrogen and oxygen atoms in total. The van der Waals surface area contributed by atoms with Gasteiger partial charge in [0.05, 0.1) is 33.4 Å². The highest BCUT2D eigenvalue weighted by atomic mass is 127. The Labute approximate surface area is 695 Å². The molecule has 0 aliphatic carbocycles. The lowest BCUT2D eigenvalue weighted by Crippen LogP contribution is -2.08. The third-order valence-corrected chi connectivity index (χ3v) is 35.9. The second-order valence-corrected chi connectivity index (χ2v) is 35.1. The Morgan fingerprint density at radius 2 is 0.568 bits per heavy atom. The molecule has 6 N–H and O–H groups in total. The van der Waals surface area contributed by atoms with E-state index in [1.165, 1.54) is 0 Å². The summed E-state index contributed by atoms with van der Waals surface area (Å²) < 4.78 is 18.8. The zero-order valence-electron chi connectivity index (χ0n) is 34.5. The zero-order chi connectivity index (χ0) is 57.5. The van der Waals surface area contributed by atoms with Crippen LogP contribution in [0.15, 0.2) is 60.7 Å². The number of carboxylic acid groups (broad SMARTS) is 6. The second kappa shape index (κ2) is 38.9. The van der Waals surface area contributed by atoms with Gasteiger partial charge in [0.2, 0.25) is 0 Å². The fourth-order valence-electron chi connectivity index (χ4n) is 4.34. The van der Waals surface area contributed by atoms with Gasteiger partial charge in [-0.2, -0.15) is 0 Å². The van der Waals surface area contributed by atoms with Crippen LogP contribution in [-0.4, -0.2) is 66.5 Å². The first-order valence-corrected chi connectivity index (χ1v) is 39.2. The first kappa shape index (κ1) is 78.8. The zero-order valence-corrected chi connectivity index (χ0v) is 77.6. The van der Waals surface area contributed by atoms with Crippen LogP contribution >= 0.6 is 452 Å². The highest BCUT2D eigenvalue weighted by Crippen LogP contribution is 2.34. The molecular weight excluding hydrogens is 3230 g/mol. The van der Waals surface area contributed by atoms with E-state index in [4.69, 9.17) is 30.6 Å². The predicted octanol–water partition coefficient (Wildman–Crippen LogP) is 20.4. The molecule has 0 aromatic heterocycles. The summed E-state index contributed by atoms with van der Waals surface area (Å²) in [7, 11) is 0. The average molecular weight is 3250 g/mol. The Morgan fingerprint density at radius 1 is 0.230 bits per heavy atom. The molecule has 0 aliphatic heterocycles. The first-order chi connectivity index (χ1) is 34.0. The van der Waals surface area contributed by atoms with E-state index in [2.05, 4.69) is 339 Å². The predicted molar refractivity (Wildman–Crippen MR) is 455 cm³/mol. The first-order valence-electron chi connectivity index (χ1n) is 17.6. The van der Waals surface area contributed by atoms with Crippen molar-refractivity contribution in [1.82, 2.24) is 0 Å². The summed E-state index contributed by atoms with van der Waals surface area (Å²) in [4.78, 5) is 64.5. The molecule has 0 saturated carbocycles. The van der Waals surface area contributed by atoms with Crippen molar-refractivity contribution in [3.8, 4) is 0 Å². The van der Waals surface area contributed by atoms with Gasteiger partial charge in [0.15, 0.2) is 0 Å². The SMILES string of the molecule is O=C(O)c1c(I)c(I)c(I)c(I)c1I.O=C(O)c1c(I)cc(I)c(I)c1I.O=C(O)c1c(I)cc(I)cc1I.O=C(O)c1cc(I)c(I)cc1I.O=C(O)c1ccc(I)c(I)c1I.O=C(O)c1ccc(I)cc1I. The Morgan fingerprint density at radius 3 is 0.986 bits per heavy atom. The molecule has 32 heteroatoms. The molecule has 0 heterocycles. The third-order valence-electron chi connectivity index (χ3n) is 7.64. The van der Waals surface area contributed by atoms with Gasteiger partial charge in [0.1, 0.15) is 0 Å². The average Bonchev–Trinajstić information content (AvgIpc) is 3.27. The van der Waals surface area contributed by atoms with Crippen molar-refractivity contribution in [3.63, 3.8) is 0 Å². The molecule has 396 valence electrons. The molecule has 0 atom stereocenters. The summed E-state index contributed by atoms with van der Waals surface area (Å²) in [6, 6.07) is 17.8. The highest BCUT2D eigenvalue weighted by molar-refractivity contribution is 14.1. The second-order valence-electron chi connectivity index (χ2n) is 12.5. The lowest BCUT2D eigenvalue weighted by atomic mass is 10.2. The molecule has 6 aromatic carbocycles. The van der Waals surface area contributed by atoms with Gasteiger partial charge in [-0.05, 0) is 512 Å². The largest absolute Gasteiger partial charge is 0.478 e. The quantitative estimate of drug-likeness (QED) is 0.0521. The van der Waals surface area contributed by atoms with Crippen molar-refractivity contribution < 1.29 is 59.4 Å². The number of benzene rings is 6. The van der Waals surface area contributed by atoms with E-state index in [1.54, 1.807) is 24.3 Å². The van der Waals surface area contributed by atoms with Crippen LogP contribution in [-0.2, 0) is 0 Å². The highest BCUT2D eigenvalue weighted by Gasteiger charge is 2.22. The summed E-state index contributed by atoms with van der Waals surface area (Å²) in [5.74, 6) is -5.18. The van der Waals surface area contributed by atoms with Crippen molar-refractivity contribution >= 4 is 488 Å². The van der Waals surface area contributed by atoms with Crippen LogP contribution in [0.5, 0.6) is 0 Å². The number of carbonyl (C=O) groups is 6. The van der Waals surface area contributed by atoms with Gasteiger partial charge in [0.25, 0.3) is 0 Å². The maximum atomic E-state index is 11.0. The van der Waals surface area contributed by atoms with Crippen LogP contribution in [0.4, 0.5) is 0 Å². The van der Waals surface area contributed by atoms with Gasteiger partial charge < -0.3 is 30.6 Å². The minimum absolute atomic E-state index is 0.367. The molecule has 0 fully saturated rings. The van der Waals surface area contributed by atoms with Crippen LogP contribution in [0.2, 0.25) is 0 Å². The van der Waals surface area contributed by atoms with E-state index in [0.717, 1.165) is 71.4 Å². The summed E-state index contributed by atoms with van der Waals surface area (Å²) >= 11 is 42.4. The van der Waals surface area contributed by atoms with Gasteiger partial charge in [-0.1, -0.05) is 0 Å². The summed E-state index contributed by atoms with van der Waals surface area (Å²) in [6.07, 6.45) is 0. The fourth-order valence-corrected chi connectivity index (χ4v) is 24.1. The Kier molecular flexibility index (Phi) is 41.4. The standard InChI is InChI=1S/C7HI5O2.C7H2I4O2.3C7H3I3O2.C7H4I2O2/c8-2-1(7(13)14)3(9)5(11)6(12)4(2)10;8-2-1-3(9)5(10)6(11)4(2)7(12)13;8-4-2-6(10)5(9)1-3(4)7(11)12;8-3-1-4(9)6(7(11)12)5(10)2-3;8-4-2-1-3(7(11)12)5(9)6(4)10;8-4-1-2-5(7(10)11)6(9)3-4/h(H,13,14);1H,(H,12,13);3*1-2H,(H,11,12);1-3H,(H,10,11). The van der Waals surface area contributed by atoms with E-state index in [1.807, 2.05) is 149 Å². The third kappa shape index (κ3) is 25.5. The Bertz CT molecular complexity index is 3110. The van der Waals surface area contributed by atoms with E-state index < -0.39 is 35.8 Å². The fraction of sp³-hybridized carbons (Fsp3) is 0. The van der Waals surface area contributed by atoms with Crippen molar-refractivity contribution in [3.05, 3.63) is 165 Å². The monoisotopic (exact) mass is 3250 g/mol. The molecule has 0 bridgehead atoms. The van der Waals surface area contributed by atoms with Crippen molar-refractivity contribution in [2.75, 3.05) is 0 Å². The van der Waals surface area contributed by atoms with Crippen molar-refractivity contribution in [2.45, 2.75) is 0 Å². The molecule has 0 amide bonds. The van der Waals surface area contributed by atoms with Gasteiger partial charge in [-0.3, -0.25) is 0 Å². The molecule has 6 aromatic rings. The Balaban J connectivity index is 0.000000445. The molecule has 0 saturated heterocycles. The number of halogens is 20. The molecule has 0 spiro atoms. The summed E-state index contributed by atoms with van der Waals surface area (Å²) in [6.45, 7) is 0. The van der Waals surface area contributed by atoms with E-state index in [-0.39, 0.29) is 0 Å². The minimum atomic E-state index is -0.870. The van der Waals surface area contributed by atoms with Gasteiger partial charge in [-0.25, -0.2) is 28.8 Å².